The number of pyridine rings is 2. The van der Waals surface area contributed by atoms with Gasteiger partial charge in [-0.1, -0.05) is 18.2 Å². The molecule has 0 aliphatic carbocycles. The molecule has 29 heavy (non-hydrogen) atoms. The van der Waals surface area contributed by atoms with Crippen molar-refractivity contribution in [1.29, 1.82) is 0 Å². The van der Waals surface area contributed by atoms with Gasteiger partial charge in [0.05, 0.1) is 5.69 Å². The number of nitrogens with one attached hydrogen (secondary N) is 1. The zero-order chi connectivity index (χ0) is 20.5. The van der Waals surface area contributed by atoms with Gasteiger partial charge in [0.25, 0.3) is 0 Å². The molecule has 144 valence electrons. The third-order valence-electron chi connectivity index (χ3n) is 4.64. The van der Waals surface area contributed by atoms with E-state index in [1.54, 1.807) is 37.3 Å². The van der Waals surface area contributed by atoms with Crippen molar-refractivity contribution in [2.45, 2.75) is 6.92 Å². The second-order valence-electron chi connectivity index (χ2n) is 6.53. The molecule has 0 atom stereocenters. The number of benzene rings is 2. The topological polar surface area (TPSA) is 84.1 Å². The number of nitrogens with zero attached hydrogens (tertiary/aromatic N) is 2. The van der Waals surface area contributed by atoms with Crippen molar-refractivity contribution < 1.29 is 8.78 Å². The number of hydrogen-bond acceptors (Lipinski definition) is 3. The van der Waals surface area contributed by atoms with Crippen LogP contribution in [0.3, 0.4) is 0 Å². The minimum absolute atomic E-state index is 0.117. The number of aromatic amines is 1. The number of fused-ring (bicyclic) bond motifs is 1. The Morgan fingerprint density at radius 1 is 1.03 bits per heavy atom. The molecule has 0 aliphatic rings. The summed E-state index contributed by atoms with van der Waals surface area (Å²) in [6, 6.07) is 14.1. The highest BCUT2D eigenvalue weighted by Crippen LogP contribution is 2.23. The average Bonchev–Trinajstić information content (AvgIpc) is 2.73. The third-order valence-corrected chi connectivity index (χ3v) is 4.64. The van der Waals surface area contributed by atoms with Crippen LogP contribution in [-0.2, 0) is 0 Å². The number of halogens is 2. The molecule has 0 bridgehead atoms. The Kier molecular flexibility index (Phi) is 4.64. The Bertz CT molecular complexity index is 1310. The van der Waals surface area contributed by atoms with Crippen LogP contribution in [-0.4, -0.2) is 15.8 Å². The molecule has 0 spiro atoms. The third kappa shape index (κ3) is 3.50. The van der Waals surface area contributed by atoms with Gasteiger partial charge in [-0.2, -0.15) is 0 Å². The number of aliphatic imine (C=N–C) groups is 1. The quantitative estimate of drug-likeness (QED) is 0.406. The first-order valence-electron chi connectivity index (χ1n) is 8.81. The fourth-order valence-electron chi connectivity index (χ4n) is 3.07. The van der Waals surface area contributed by atoms with Crippen molar-refractivity contribution in [2.75, 3.05) is 0 Å². The normalized spacial score (nSPS) is 11.8. The molecule has 4 aromatic rings. The molecule has 2 aromatic heterocycles. The lowest BCUT2D eigenvalue weighted by Crippen LogP contribution is -2.21. The van der Waals surface area contributed by atoms with E-state index in [0.717, 1.165) is 12.1 Å². The van der Waals surface area contributed by atoms with E-state index in [9.17, 15) is 13.6 Å². The molecule has 4 rings (SSSR count). The molecular formula is C22H16F2N4O. The van der Waals surface area contributed by atoms with Gasteiger partial charge in [0.1, 0.15) is 5.84 Å². The van der Waals surface area contributed by atoms with Gasteiger partial charge >= 0.3 is 0 Å². The van der Waals surface area contributed by atoms with Gasteiger partial charge in [0.15, 0.2) is 22.9 Å². The van der Waals surface area contributed by atoms with Gasteiger partial charge in [-0.05, 0) is 48.9 Å². The number of amidine groups is 1. The maximum Gasteiger partial charge on any atom is 0.193 e. The van der Waals surface area contributed by atoms with E-state index in [-0.39, 0.29) is 11.3 Å². The minimum atomic E-state index is -0.926. The average molecular weight is 390 g/mol. The van der Waals surface area contributed by atoms with Crippen molar-refractivity contribution in [3.8, 4) is 11.1 Å². The summed E-state index contributed by atoms with van der Waals surface area (Å²) in [5.41, 5.74) is 8.67. The Hall–Kier alpha value is -3.87. The fraction of sp³-hybridized carbons (Fsp3) is 0.0455. The molecule has 0 radical (unpaired) electrons. The fourth-order valence-corrected chi connectivity index (χ4v) is 3.07. The molecule has 7 heteroatoms. The van der Waals surface area contributed by atoms with E-state index < -0.39 is 11.6 Å². The summed E-state index contributed by atoms with van der Waals surface area (Å²) < 4.78 is 26.5. The van der Waals surface area contributed by atoms with Gasteiger partial charge in [0, 0.05) is 28.2 Å². The summed E-state index contributed by atoms with van der Waals surface area (Å²) in [5.74, 6) is -1.39. The highest BCUT2D eigenvalue weighted by atomic mass is 19.2. The predicted octanol–water partition coefficient (Wildman–Crippen LogP) is 4.21. The number of hydrogen-bond donors (Lipinski definition) is 2. The first-order valence-corrected chi connectivity index (χ1v) is 8.81. The molecule has 2 heterocycles. The number of nitrogens with two attached hydrogens (primary N) is 1. The van der Waals surface area contributed by atoms with Gasteiger partial charge in [0.2, 0.25) is 0 Å². The summed E-state index contributed by atoms with van der Waals surface area (Å²) in [5, 5.41) is 0.579. The first-order chi connectivity index (χ1) is 13.9. The summed E-state index contributed by atoms with van der Waals surface area (Å²) in [6.45, 7) is 1.68. The molecular weight excluding hydrogens is 374 g/mol. The minimum Gasteiger partial charge on any atom is -0.382 e. The van der Waals surface area contributed by atoms with Crippen LogP contribution in [0, 0.1) is 18.6 Å². The van der Waals surface area contributed by atoms with Crippen LogP contribution in [0.15, 0.2) is 70.6 Å². The predicted molar refractivity (Wildman–Crippen MR) is 109 cm³/mol. The number of aromatic nitrogens is 2. The SMILES string of the molecule is Cc1c(C(N)=Nc2ccc(-c3ccc(F)c(F)c3)cn2)[nH]c2ccccc2c1=O. The largest absolute Gasteiger partial charge is 0.382 e. The van der Waals surface area contributed by atoms with Crippen molar-refractivity contribution in [3.63, 3.8) is 0 Å². The summed E-state index contributed by atoms with van der Waals surface area (Å²) >= 11 is 0. The monoisotopic (exact) mass is 390 g/mol. The molecule has 2 aromatic carbocycles. The van der Waals surface area contributed by atoms with Crippen molar-refractivity contribution in [3.05, 3.63) is 93.9 Å². The lowest BCUT2D eigenvalue weighted by atomic mass is 10.1. The molecule has 0 unspecified atom stereocenters. The molecule has 3 N–H and O–H groups in total. The Morgan fingerprint density at radius 3 is 2.52 bits per heavy atom. The van der Waals surface area contributed by atoms with Crippen molar-refractivity contribution in [1.82, 2.24) is 9.97 Å². The van der Waals surface area contributed by atoms with E-state index in [1.165, 1.54) is 12.3 Å². The Labute approximate surface area is 164 Å². The van der Waals surface area contributed by atoms with Gasteiger partial charge in [-0.15, -0.1) is 0 Å². The second kappa shape index (κ2) is 7.27. The molecule has 0 aliphatic heterocycles. The summed E-state index contributed by atoms with van der Waals surface area (Å²) in [6.07, 6.45) is 1.49. The maximum absolute atomic E-state index is 13.4. The molecule has 0 amide bonds. The summed E-state index contributed by atoms with van der Waals surface area (Å²) in [7, 11) is 0. The highest BCUT2D eigenvalue weighted by molar-refractivity contribution is 6.00. The second-order valence-corrected chi connectivity index (χ2v) is 6.53. The van der Waals surface area contributed by atoms with E-state index in [1.807, 2.05) is 6.07 Å². The molecule has 0 saturated heterocycles. The van der Waals surface area contributed by atoms with Crippen LogP contribution < -0.4 is 11.2 Å². The molecule has 5 nitrogen and oxygen atoms in total. The van der Waals surface area contributed by atoms with Crippen LogP contribution in [0.5, 0.6) is 0 Å². The van der Waals surface area contributed by atoms with Crippen LogP contribution in [0.4, 0.5) is 14.6 Å². The number of para-hydroxylation sites is 1. The Morgan fingerprint density at radius 2 is 1.79 bits per heavy atom. The first kappa shape index (κ1) is 18.5. The van der Waals surface area contributed by atoms with Crippen LogP contribution >= 0.6 is 0 Å². The lowest BCUT2D eigenvalue weighted by molar-refractivity contribution is 0.509. The van der Waals surface area contributed by atoms with Crippen LogP contribution in [0.25, 0.3) is 22.0 Å². The molecule has 0 saturated carbocycles. The van der Waals surface area contributed by atoms with E-state index in [0.29, 0.717) is 39.1 Å². The van der Waals surface area contributed by atoms with Gasteiger partial charge in [-0.3, -0.25) is 4.79 Å². The number of rotatable bonds is 3. The molecule has 0 fully saturated rings. The zero-order valence-corrected chi connectivity index (χ0v) is 15.4. The van der Waals surface area contributed by atoms with Crippen LogP contribution in [0.1, 0.15) is 11.3 Å². The van der Waals surface area contributed by atoms with E-state index >= 15 is 0 Å². The van der Waals surface area contributed by atoms with E-state index in [2.05, 4.69) is 15.0 Å². The summed E-state index contributed by atoms with van der Waals surface area (Å²) in [4.78, 5) is 24.2. The van der Waals surface area contributed by atoms with E-state index in [4.69, 9.17) is 5.73 Å². The van der Waals surface area contributed by atoms with Crippen LogP contribution in [0.2, 0.25) is 0 Å². The Balaban J connectivity index is 1.69. The van der Waals surface area contributed by atoms with Crippen molar-refractivity contribution in [2.24, 2.45) is 10.7 Å². The van der Waals surface area contributed by atoms with Gasteiger partial charge in [-0.25, -0.2) is 18.8 Å². The number of H-pyrrole nitrogens is 1. The van der Waals surface area contributed by atoms with Gasteiger partial charge < -0.3 is 10.7 Å². The van der Waals surface area contributed by atoms with Crippen molar-refractivity contribution >= 4 is 22.6 Å². The smallest absolute Gasteiger partial charge is 0.193 e. The standard InChI is InChI=1S/C22H16F2N4O/c1-12-20(27-18-5-3-2-4-15(18)21(12)29)22(25)28-19-9-7-14(11-26-19)13-6-8-16(23)17(24)10-13/h2-11H,1H3,(H,27,29)(H2,25,26,28). The lowest BCUT2D eigenvalue weighted by Gasteiger charge is -2.08. The zero-order valence-electron chi connectivity index (χ0n) is 15.4. The highest BCUT2D eigenvalue weighted by Gasteiger charge is 2.11. The maximum atomic E-state index is 13.4.